The van der Waals surface area contributed by atoms with Gasteiger partial charge in [0.2, 0.25) is 5.88 Å². The SMILES string of the molecule is CC1CCC(CNc2ccc(N)c(OC(C)(C)C)n2)C1. The topological polar surface area (TPSA) is 60.2 Å². The zero-order valence-electron chi connectivity index (χ0n) is 13.1. The summed E-state index contributed by atoms with van der Waals surface area (Å²) in [5, 5.41) is 3.41. The van der Waals surface area contributed by atoms with Crippen LogP contribution < -0.4 is 15.8 Å². The maximum absolute atomic E-state index is 5.92. The number of nitrogens with one attached hydrogen (secondary N) is 1. The number of ether oxygens (including phenoxy) is 1. The van der Waals surface area contributed by atoms with Crippen molar-refractivity contribution in [3.05, 3.63) is 12.1 Å². The van der Waals surface area contributed by atoms with Gasteiger partial charge in [0, 0.05) is 6.54 Å². The van der Waals surface area contributed by atoms with Gasteiger partial charge in [0.05, 0.1) is 5.69 Å². The van der Waals surface area contributed by atoms with E-state index < -0.39 is 0 Å². The lowest BCUT2D eigenvalue weighted by atomic mass is 10.1. The maximum atomic E-state index is 5.92. The molecule has 0 aromatic carbocycles. The second-order valence-corrected chi connectivity index (χ2v) is 6.97. The summed E-state index contributed by atoms with van der Waals surface area (Å²) in [5.41, 5.74) is 6.21. The highest BCUT2D eigenvalue weighted by Crippen LogP contribution is 2.31. The van der Waals surface area contributed by atoms with Gasteiger partial charge in [-0.05, 0) is 57.6 Å². The number of nitrogens with zero attached hydrogens (tertiary/aromatic N) is 1. The van der Waals surface area contributed by atoms with Gasteiger partial charge >= 0.3 is 0 Å². The molecule has 1 aliphatic carbocycles. The Kier molecular flexibility index (Phi) is 4.41. The lowest BCUT2D eigenvalue weighted by molar-refractivity contribution is 0.125. The highest BCUT2D eigenvalue weighted by atomic mass is 16.5. The summed E-state index contributed by atoms with van der Waals surface area (Å²) >= 11 is 0. The number of pyridine rings is 1. The Morgan fingerprint density at radius 1 is 1.35 bits per heavy atom. The molecule has 0 aliphatic heterocycles. The molecule has 1 heterocycles. The van der Waals surface area contributed by atoms with E-state index in [2.05, 4.69) is 17.2 Å². The fraction of sp³-hybridized carbons (Fsp3) is 0.688. The van der Waals surface area contributed by atoms with Crippen molar-refractivity contribution in [1.29, 1.82) is 0 Å². The van der Waals surface area contributed by atoms with Crippen LogP contribution in [-0.2, 0) is 0 Å². The van der Waals surface area contributed by atoms with Crippen molar-refractivity contribution in [3.63, 3.8) is 0 Å². The van der Waals surface area contributed by atoms with Gasteiger partial charge in [-0.25, -0.2) is 0 Å². The van der Waals surface area contributed by atoms with Gasteiger partial charge in [0.1, 0.15) is 11.4 Å². The standard InChI is InChI=1S/C16H27N3O/c1-11-5-6-12(9-11)10-18-14-8-7-13(17)15(19-14)20-16(2,3)4/h7-8,11-12H,5-6,9-10,17H2,1-4H3,(H,18,19). The molecule has 1 saturated carbocycles. The van der Waals surface area contributed by atoms with Crippen LogP contribution in [0, 0.1) is 11.8 Å². The van der Waals surface area contributed by atoms with Gasteiger partial charge in [-0.1, -0.05) is 13.3 Å². The predicted octanol–water partition coefficient (Wildman–Crippen LogP) is 3.69. The van der Waals surface area contributed by atoms with Crippen molar-refractivity contribution in [2.24, 2.45) is 11.8 Å². The van der Waals surface area contributed by atoms with Crippen LogP contribution in [0.4, 0.5) is 11.5 Å². The smallest absolute Gasteiger partial charge is 0.239 e. The van der Waals surface area contributed by atoms with Crippen molar-refractivity contribution < 1.29 is 4.74 Å². The van der Waals surface area contributed by atoms with Crippen molar-refractivity contribution in [1.82, 2.24) is 4.98 Å². The summed E-state index contributed by atoms with van der Waals surface area (Å²) in [6, 6.07) is 3.77. The van der Waals surface area contributed by atoms with E-state index in [9.17, 15) is 0 Å². The van der Waals surface area contributed by atoms with Crippen molar-refractivity contribution in [3.8, 4) is 5.88 Å². The zero-order valence-corrected chi connectivity index (χ0v) is 13.1. The van der Waals surface area contributed by atoms with Crippen LogP contribution in [0.2, 0.25) is 0 Å². The average Bonchev–Trinajstić information content (AvgIpc) is 2.74. The Labute approximate surface area is 122 Å². The molecule has 0 saturated heterocycles. The largest absolute Gasteiger partial charge is 0.470 e. The molecule has 1 aromatic heterocycles. The molecule has 0 spiro atoms. The van der Waals surface area contributed by atoms with E-state index in [4.69, 9.17) is 10.5 Å². The van der Waals surface area contributed by atoms with Gasteiger partial charge in [-0.2, -0.15) is 4.98 Å². The molecule has 1 aliphatic rings. The molecule has 1 aromatic rings. The Morgan fingerprint density at radius 3 is 2.70 bits per heavy atom. The van der Waals surface area contributed by atoms with Crippen LogP contribution in [0.15, 0.2) is 12.1 Å². The first-order valence-corrected chi connectivity index (χ1v) is 7.53. The summed E-state index contributed by atoms with van der Waals surface area (Å²) < 4.78 is 5.79. The monoisotopic (exact) mass is 277 g/mol. The molecule has 112 valence electrons. The average molecular weight is 277 g/mol. The van der Waals surface area contributed by atoms with E-state index in [1.807, 2.05) is 32.9 Å². The highest BCUT2D eigenvalue weighted by molar-refractivity contribution is 5.53. The second-order valence-electron chi connectivity index (χ2n) is 6.97. The minimum absolute atomic E-state index is 0.291. The number of nitrogens with two attached hydrogens (primary N) is 1. The summed E-state index contributed by atoms with van der Waals surface area (Å²) in [7, 11) is 0. The normalized spacial score (nSPS) is 22.8. The Morgan fingerprint density at radius 2 is 2.10 bits per heavy atom. The fourth-order valence-corrected chi connectivity index (χ4v) is 2.68. The number of nitrogen functional groups attached to an aromatic ring is 1. The maximum Gasteiger partial charge on any atom is 0.239 e. The molecule has 0 amide bonds. The lowest BCUT2D eigenvalue weighted by Crippen LogP contribution is -2.24. The third-order valence-electron chi connectivity index (χ3n) is 3.67. The Hall–Kier alpha value is -1.45. The molecule has 20 heavy (non-hydrogen) atoms. The van der Waals surface area contributed by atoms with Crippen LogP contribution in [0.5, 0.6) is 5.88 Å². The third-order valence-corrected chi connectivity index (χ3v) is 3.67. The number of anilines is 2. The van der Waals surface area contributed by atoms with Gasteiger partial charge in [-0.15, -0.1) is 0 Å². The molecule has 2 unspecified atom stereocenters. The first kappa shape index (κ1) is 14.9. The molecule has 4 heteroatoms. The highest BCUT2D eigenvalue weighted by Gasteiger charge is 2.21. The summed E-state index contributed by atoms with van der Waals surface area (Å²) in [6.45, 7) is 9.30. The Balaban J connectivity index is 1.96. The third kappa shape index (κ3) is 4.29. The fourth-order valence-electron chi connectivity index (χ4n) is 2.68. The van der Waals surface area contributed by atoms with Crippen LogP contribution >= 0.6 is 0 Å². The first-order valence-electron chi connectivity index (χ1n) is 7.53. The number of hydrogen-bond donors (Lipinski definition) is 2. The van der Waals surface area contributed by atoms with Crippen molar-refractivity contribution >= 4 is 11.5 Å². The van der Waals surface area contributed by atoms with Crippen LogP contribution in [0.1, 0.15) is 47.0 Å². The van der Waals surface area contributed by atoms with Crippen LogP contribution in [-0.4, -0.2) is 17.1 Å². The van der Waals surface area contributed by atoms with Crippen LogP contribution in [0.25, 0.3) is 0 Å². The second kappa shape index (κ2) is 5.90. The van der Waals surface area contributed by atoms with Gasteiger partial charge < -0.3 is 15.8 Å². The zero-order chi connectivity index (χ0) is 14.8. The van der Waals surface area contributed by atoms with E-state index in [1.165, 1.54) is 19.3 Å². The number of hydrogen-bond acceptors (Lipinski definition) is 4. The molecule has 2 atom stereocenters. The van der Waals surface area contributed by atoms with E-state index >= 15 is 0 Å². The number of rotatable bonds is 4. The quantitative estimate of drug-likeness (QED) is 0.881. The number of aromatic nitrogens is 1. The molecule has 0 radical (unpaired) electrons. The van der Waals surface area contributed by atoms with Gasteiger partial charge in [-0.3, -0.25) is 0 Å². The van der Waals surface area contributed by atoms with Crippen molar-refractivity contribution in [2.75, 3.05) is 17.6 Å². The minimum atomic E-state index is -0.291. The Bertz CT molecular complexity index is 454. The van der Waals surface area contributed by atoms with Gasteiger partial charge in [0.15, 0.2) is 0 Å². The van der Waals surface area contributed by atoms with E-state index in [-0.39, 0.29) is 5.60 Å². The predicted molar refractivity (Wildman–Crippen MR) is 84.0 cm³/mol. The molecule has 2 rings (SSSR count). The minimum Gasteiger partial charge on any atom is -0.470 e. The molecule has 1 fully saturated rings. The lowest BCUT2D eigenvalue weighted by Gasteiger charge is -2.22. The van der Waals surface area contributed by atoms with Gasteiger partial charge in [0.25, 0.3) is 0 Å². The summed E-state index contributed by atoms with van der Waals surface area (Å²) in [6.07, 6.45) is 3.97. The molecular formula is C16H27N3O. The summed E-state index contributed by atoms with van der Waals surface area (Å²) in [4.78, 5) is 4.48. The van der Waals surface area contributed by atoms with Crippen molar-refractivity contribution in [2.45, 2.75) is 52.6 Å². The van der Waals surface area contributed by atoms with Crippen LogP contribution in [0.3, 0.4) is 0 Å². The van der Waals surface area contributed by atoms with E-state index in [1.54, 1.807) is 0 Å². The molecular weight excluding hydrogens is 250 g/mol. The summed E-state index contributed by atoms with van der Waals surface area (Å²) in [5.74, 6) is 2.98. The molecule has 4 nitrogen and oxygen atoms in total. The van der Waals surface area contributed by atoms with E-state index in [0.717, 1.165) is 24.2 Å². The van der Waals surface area contributed by atoms with E-state index in [0.29, 0.717) is 11.6 Å². The molecule has 0 bridgehead atoms. The molecule has 3 N–H and O–H groups in total. The first-order chi connectivity index (χ1) is 9.33.